The second-order valence-corrected chi connectivity index (χ2v) is 5.04. The van der Waals surface area contributed by atoms with Crippen molar-refractivity contribution in [3.63, 3.8) is 0 Å². The summed E-state index contributed by atoms with van der Waals surface area (Å²) in [5, 5.41) is 3.21. The minimum absolute atomic E-state index is 0.173. The molecular weight excluding hydrogens is 202 g/mol. The molecule has 1 aromatic rings. The molecule has 16 heavy (non-hydrogen) atoms. The van der Waals surface area contributed by atoms with Crippen molar-refractivity contribution in [2.45, 2.75) is 51.7 Å². The van der Waals surface area contributed by atoms with E-state index in [1.54, 1.807) is 0 Å². The SMILES string of the molecule is CC(C)n1c(C2CC2)nc2c(c1=O)CNC2. The monoisotopic (exact) mass is 219 g/mol. The lowest BCUT2D eigenvalue weighted by Crippen LogP contribution is -2.30. The molecule has 1 fully saturated rings. The van der Waals surface area contributed by atoms with Gasteiger partial charge in [-0.25, -0.2) is 4.98 Å². The van der Waals surface area contributed by atoms with Crippen LogP contribution in [0.15, 0.2) is 4.79 Å². The lowest BCUT2D eigenvalue weighted by Gasteiger charge is -2.16. The Morgan fingerprint density at radius 1 is 1.38 bits per heavy atom. The number of fused-ring (bicyclic) bond motifs is 1. The Bertz CT molecular complexity index is 486. The molecule has 4 nitrogen and oxygen atoms in total. The van der Waals surface area contributed by atoms with Crippen molar-refractivity contribution in [2.75, 3.05) is 0 Å². The second-order valence-electron chi connectivity index (χ2n) is 5.04. The van der Waals surface area contributed by atoms with Gasteiger partial charge in [-0.2, -0.15) is 0 Å². The number of hydrogen-bond acceptors (Lipinski definition) is 3. The maximum atomic E-state index is 12.3. The number of hydrogen-bond donors (Lipinski definition) is 1. The van der Waals surface area contributed by atoms with Gasteiger partial charge in [0.1, 0.15) is 5.82 Å². The third-order valence-electron chi connectivity index (χ3n) is 3.37. The van der Waals surface area contributed by atoms with Crippen LogP contribution in [-0.2, 0) is 13.1 Å². The molecule has 0 radical (unpaired) electrons. The van der Waals surface area contributed by atoms with Crippen LogP contribution < -0.4 is 10.9 Å². The van der Waals surface area contributed by atoms with E-state index in [0.29, 0.717) is 12.5 Å². The maximum Gasteiger partial charge on any atom is 0.258 e. The van der Waals surface area contributed by atoms with Gasteiger partial charge in [-0.3, -0.25) is 9.36 Å². The van der Waals surface area contributed by atoms with Crippen LogP contribution in [0.25, 0.3) is 0 Å². The molecule has 2 aliphatic rings. The van der Waals surface area contributed by atoms with E-state index < -0.39 is 0 Å². The molecule has 0 aromatic carbocycles. The molecule has 1 N–H and O–H groups in total. The predicted molar refractivity (Wildman–Crippen MR) is 61.4 cm³/mol. The Labute approximate surface area is 94.7 Å². The molecule has 0 spiro atoms. The highest BCUT2D eigenvalue weighted by Crippen LogP contribution is 2.39. The molecule has 4 heteroatoms. The highest BCUT2D eigenvalue weighted by atomic mass is 16.1. The zero-order valence-electron chi connectivity index (χ0n) is 9.79. The minimum Gasteiger partial charge on any atom is -0.307 e. The van der Waals surface area contributed by atoms with Crippen LogP contribution in [0.4, 0.5) is 0 Å². The lowest BCUT2D eigenvalue weighted by atomic mass is 10.2. The summed E-state index contributed by atoms with van der Waals surface area (Å²) in [5.41, 5.74) is 2.02. The first kappa shape index (κ1) is 10.0. The Morgan fingerprint density at radius 3 is 2.75 bits per heavy atom. The molecule has 1 aliphatic heterocycles. The first-order chi connectivity index (χ1) is 7.68. The molecule has 0 saturated heterocycles. The third kappa shape index (κ3) is 1.40. The maximum absolute atomic E-state index is 12.3. The average Bonchev–Trinajstić information content (AvgIpc) is 2.96. The predicted octanol–water partition coefficient (Wildman–Crippen LogP) is 1.30. The lowest BCUT2D eigenvalue weighted by molar-refractivity contribution is 0.529. The minimum atomic E-state index is 0.173. The van der Waals surface area contributed by atoms with Crippen LogP contribution in [-0.4, -0.2) is 9.55 Å². The second kappa shape index (κ2) is 3.42. The van der Waals surface area contributed by atoms with Crippen molar-refractivity contribution in [1.29, 1.82) is 0 Å². The van der Waals surface area contributed by atoms with Gasteiger partial charge in [-0.05, 0) is 26.7 Å². The van der Waals surface area contributed by atoms with Crippen molar-refractivity contribution in [3.8, 4) is 0 Å². The summed E-state index contributed by atoms with van der Waals surface area (Å²) in [5.74, 6) is 1.54. The first-order valence-corrected chi connectivity index (χ1v) is 6.03. The number of nitrogens with zero attached hydrogens (tertiary/aromatic N) is 2. The highest BCUT2D eigenvalue weighted by molar-refractivity contribution is 5.25. The van der Waals surface area contributed by atoms with Gasteiger partial charge in [-0.1, -0.05) is 0 Å². The Kier molecular flexibility index (Phi) is 2.14. The fourth-order valence-corrected chi connectivity index (χ4v) is 2.39. The van der Waals surface area contributed by atoms with Crippen molar-refractivity contribution in [3.05, 3.63) is 27.4 Å². The van der Waals surface area contributed by atoms with E-state index >= 15 is 0 Å². The van der Waals surface area contributed by atoms with E-state index in [4.69, 9.17) is 4.98 Å². The highest BCUT2D eigenvalue weighted by Gasteiger charge is 2.31. The van der Waals surface area contributed by atoms with Crippen LogP contribution in [0.5, 0.6) is 0 Å². The van der Waals surface area contributed by atoms with Gasteiger partial charge in [0.05, 0.1) is 11.3 Å². The topological polar surface area (TPSA) is 46.9 Å². The zero-order chi connectivity index (χ0) is 11.3. The normalized spacial score (nSPS) is 19.2. The number of aromatic nitrogens is 2. The van der Waals surface area contributed by atoms with Gasteiger partial charge >= 0.3 is 0 Å². The Balaban J connectivity index is 2.23. The molecule has 0 atom stereocenters. The van der Waals surface area contributed by atoms with Crippen molar-refractivity contribution < 1.29 is 0 Å². The molecular formula is C12H17N3O. The molecule has 2 heterocycles. The molecule has 0 unspecified atom stereocenters. The average molecular weight is 219 g/mol. The summed E-state index contributed by atoms with van der Waals surface area (Å²) in [6.07, 6.45) is 2.37. The summed E-state index contributed by atoms with van der Waals surface area (Å²) < 4.78 is 1.89. The zero-order valence-corrected chi connectivity index (χ0v) is 9.79. The van der Waals surface area contributed by atoms with Crippen molar-refractivity contribution in [2.24, 2.45) is 0 Å². The molecule has 1 saturated carbocycles. The van der Waals surface area contributed by atoms with Gasteiger partial charge in [0.15, 0.2) is 0 Å². The summed E-state index contributed by atoms with van der Waals surface area (Å²) in [7, 11) is 0. The molecule has 1 aliphatic carbocycles. The standard InChI is InChI=1S/C12H17N3O/c1-7(2)15-11(8-3-4-8)14-10-6-13-5-9(10)12(15)16/h7-8,13H,3-6H2,1-2H3. The summed E-state index contributed by atoms with van der Waals surface area (Å²) in [6, 6.07) is 0.210. The van der Waals surface area contributed by atoms with Crippen LogP contribution in [0, 0.1) is 0 Å². The van der Waals surface area contributed by atoms with Crippen LogP contribution in [0.1, 0.15) is 55.7 Å². The van der Waals surface area contributed by atoms with Crippen molar-refractivity contribution >= 4 is 0 Å². The van der Waals surface area contributed by atoms with Gasteiger partial charge in [-0.15, -0.1) is 0 Å². The van der Waals surface area contributed by atoms with Gasteiger partial charge in [0.25, 0.3) is 5.56 Å². The van der Waals surface area contributed by atoms with Crippen molar-refractivity contribution in [1.82, 2.24) is 14.9 Å². The van der Waals surface area contributed by atoms with E-state index in [1.165, 1.54) is 12.8 Å². The number of rotatable bonds is 2. The quantitative estimate of drug-likeness (QED) is 0.815. The van der Waals surface area contributed by atoms with E-state index in [2.05, 4.69) is 19.2 Å². The Morgan fingerprint density at radius 2 is 2.12 bits per heavy atom. The van der Waals surface area contributed by atoms with Crippen LogP contribution in [0.3, 0.4) is 0 Å². The van der Waals surface area contributed by atoms with Crippen LogP contribution in [0.2, 0.25) is 0 Å². The molecule has 3 rings (SSSR count). The Hall–Kier alpha value is -1.16. The third-order valence-corrected chi connectivity index (χ3v) is 3.37. The smallest absolute Gasteiger partial charge is 0.258 e. The van der Waals surface area contributed by atoms with E-state index in [0.717, 1.165) is 23.6 Å². The molecule has 1 aromatic heterocycles. The summed E-state index contributed by atoms with van der Waals surface area (Å²) in [4.78, 5) is 17.0. The largest absolute Gasteiger partial charge is 0.307 e. The van der Waals surface area contributed by atoms with E-state index in [-0.39, 0.29) is 11.6 Å². The van der Waals surface area contributed by atoms with Gasteiger partial charge in [0.2, 0.25) is 0 Å². The molecule has 0 amide bonds. The summed E-state index contributed by atoms with van der Waals surface area (Å²) in [6.45, 7) is 5.55. The summed E-state index contributed by atoms with van der Waals surface area (Å²) >= 11 is 0. The number of nitrogens with one attached hydrogen (secondary N) is 1. The van der Waals surface area contributed by atoms with Gasteiger partial charge in [0, 0.05) is 25.0 Å². The van der Waals surface area contributed by atoms with Crippen LogP contribution >= 0.6 is 0 Å². The molecule has 86 valence electrons. The van der Waals surface area contributed by atoms with E-state index in [9.17, 15) is 4.79 Å². The van der Waals surface area contributed by atoms with E-state index in [1.807, 2.05) is 4.57 Å². The fourth-order valence-electron chi connectivity index (χ4n) is 2.39. The fraction of sp³-hybridized carbons (Fsp3) is 0.667. The molecule has 0 bridgehead atoms. The first-order valence-electron chi connectivity index (χ1n) is 6.03. The van der Waals surface area contributed by atoms with Gasteiger partial charge < -0.3 is 5.32 Å².